The number of rotatable bonds is 6. The van der Waals surface area contributed by atoms with Crippen molar-refractivity contribution in [2.75, 3.05) is 13.1 Å². The Balaban J connectivity index is 0.987. The Morgan fingerprint density at radius 2 is 1.69 bits per heavy atom. The maximum Gasteiger partial charge on any atom is 0.145 e. The molecule has 4 saturated carbocycles. The van der Waals surface area contributed by atoms with E-state index >= 15 is 0 Å². The summed E-state index contributed by atoms with van der Waals surface area (Å²) in [6.07, 6.45) is 17.3. The molecule has 1 N–H and O–H groups in total. The summed E-state index contributed by atoms with van der Waals surface area (Å²) in [7, 11) is 0. The van der Waals surface area contributed by atoms with Crippen LogP contribution in [0.25, 0.3) is 17.3 Å². The molecule has 1 aromatic carbocycles. The molecule has 2 aliphatic heterocycles. The third kappa shape index (κ3) is 5.59. The standard InChI is InChI=1S/C36H38Cl2N4O3/c37-29-21-39-22-30(38)31(29)32-28(33(45-40-32)25-5-6-25)23-44-36-13-10-35(11-14-36,12-15-36)16-20-42-17-7-24-3-1-2-4-27(24)34(42)41-18-8-26(43)9-19-41/h1-4,7,17,21-22,25-26,34,43H,5-6,8-15,18-19,23H2. The molecule has 2 bridgehead atoms. The molecular formula is C36H38Cl2N4O3. The summed E-state index contributed by atoms with van der Waals surface area (Å²) in [5, 5.41) is 15.5. The van der Waals surface area contributed by atoms with Crippen LogP contribution in [0.2, 0.25) is 10.0 Å². The van der Waals surface area contributed by atoms with E-state index in [0.717, 1.165) is 88.6 Å². The van der Waals surface area contributed by atoms with Crippen molar-refractivity contribution >= 4 is 29.3 Å². The van der Waals surface area contributed by atoms with E-state index in [1.165, 1.54) is 11.1 Å². The van der Waals surface area contributed by atoms with Gasteiger partial charge in [-0.25, -0.2) is 0 Å². The number of aliphatic hydroxyl groups is 1. The lowest BCUT2D eigenvalue weighted by molar-refractivity contribution is -0.131. The summed E-state index contributed by atoms with van der Waals surface area (Å²) < 4.78 is 12.7. The molecule has 0 amide bonds. The van der Waals surface area contributed by atoms with Gasteiger partial charge < -0.3 is 14.4 Å². The molecule has 234 valence electrons. The van der Waals surface area contributed by atoms with Crippen molar-refractivity contribution in [3.63, 3.8) is 0 Å². The molecule has 1 saturated heterocycles. The number of nitrogens with zero attached hydrogens (tertiary/aromatic N) is 4. The fourth-order valence-corrected chi connectivity index (χ4v) is 8.36. The number of aromatic nitrogens is 2. The van der Waals surface area contributed by atoms with Crippen LogP contribution in [0.4, 0.5) is 0 Å². The van der Waals surface area contributed by atoms with Crippen molar-refractivity contribution in [1.82, 2.24) is 19.9 Å². The Hall–Kier alpha value is -2.86. The number of ether oxygens (including phenoxy) is 1. The highest BCUT2D eigenvalue weighted by molar-refractivity contribution is 6.38. The van der Waals surface area contributed by atoms with Gasteiger partial charge in [-0.15, -0.1) is 0 Å². The molecule has 1 atom stereocenters. The highest BCUT2D eigenvalue weighted by Crippen LogP contribution is 2.55. The highest BCUT2D eigenvalue weighted by atomic mass is 35.5. The van der Waals surface area contributed by atoms with E-state index < -0.39 is 0 Å². The number of fused-ring (bicyclic) bond motifs is 4. The van der Waals surface area contributed by atoms with Gasteiger partial charge in [-0.2, -0.15) is 0 Å². The second kappa shape index (κ2) is 11.7. The van der Waals surface area contributed by atoms with Crippen LogP contribution in [0.1, 0.15) is 98.7 Å². The molecule has 9 heteroatoms. The van der Waals surface area contributed by atoms with E-state index in [1.54, 1.807) is 12.4 Å². The van der Waals surface area contributed by atoms with Crippen LogP contribution in [0.5, 0.6) is 0 Å². The molecule has 9 rings (SSSR count). The lowest BCUT2D eigenvalue weighted by Gasteiger charge is -2.51. The molecule has 4 aliphatic carbocycles. The predicted octanol–water partition coefficient (Wildman–Crippen LogP) is 7.93. The van der Waals surface area contributed by atoms with E-state index in [2.05, 4.69) is 68.4 Å². The van der Waals surface area contributed by atoms with E-state index in [0.29, 0.717) is 33.8 Å². The summed E-state index contributed by atoms with van der Waals surface area (Å²) >= 11 is 13.1. The second-order valence-electron chi connectivity index (χ2n) is 13.6. The monoisotopic (exact) mass is 644 g/mol. The number of likely N-dealkylation sites (tertiary alicyclic amines) is 1. The van der Waals surface area contributed by atoms with Gasteiger partial charge in [0.15, 0.2) is 0 Å². The average Bonchev–Trinajstić information content (AvgIpc) is 3.83. The molecule has 4 heterocycles. The van der Waals surface area contributed by atoms with Crippen LogP contribution in [-0.4, -0.2) is 49.8 Å². The highest BCUT2D eigenvalue weighted by Gasteiger charge is 2.49. The molecule has 2 aromatic heterocycles. The minimum absolute atomic E-state index is 0.0121. The zero-order valence-corrected chi connectivity index (χ0v) is 26.9. The normalized spacial score (nSPS) is 28.2. The summed E-state index contributed by atoms with van der Waals surface area (Å²) in [4.78, 5) is 8.80. The van der Waals surface area contributed by atoms with Crippen LogP contribution in [-0.2, 0) is 11.3 Å². The number of hydrogen-bond acceptors (Lipinski definition) is 7. The van der Waals surface area contributed by atoms with E-state index in [-0.39, 0.29) is 23.3 Å². The third-order valence-corrected chi connectivity index (χ3v) is 11.4. The minimum Gasteiger partial charge on any atom is -0.393 e. The number of aliphatic hydroxyl groups excluding tert-OH is 1. The molecule has 0 radical (unpaired) electrons. The van der Waals surface area contributed by atoms with Gasteiger partial charge >= 0.3 is 0 Å². The van der Waals surface area contributed by atoms with Crippen molar-refractivity contribution in [2.24, 2.45) is 5.41 Å². The largest absolute Gasteiger partial charge is 0.393 e. The van der Waals surface area contributed by atoms with Crippen LogP contribution in [0.15, 0.2) is 47.4 Å². The van der Waals surface area contributed by atoms with Crippen molar-refractivity contribution < 1.29 is 14.4 Å². The van der Waals surface area contributed by atoms with Gasteiger partial charge in [-0.05, 0) is 81.4 Å². The summed E-state index contributed by atoms with van der Waals surface area (Å²) in [6.45, 7) is 2.17. The maximum atomic E-state index is 10.2. The van der Waals surface area contributed by atoms with Gasteiger partial charge in [0, 0.05) is 60.2 Å². The number of pyridine rings is 1. The fraction of sp³-hybridized carbons (Fsp3) is 0.500. The Labute approximate surface area is 274 Å². The van der Waals surface area contributed by atoms with Crippen LogP contribution in [0.3, 0.4) is 0 Å². The topological polar surface area (TPSA) is 74.9 Å². The first kappa shape index (κ1) is 29.5. The Bertz CT molecular complexity index is 1640. The molecule has 3 aromatic rings. The molecule has 0 spiro atoms. The van der Waals surface area contributed by atoms with Gasteiger partial charge in [0.05, 0.1) is 28.4 Å². The molecule has 5 fully saturated rings. The van der Waals surface area contributed by atoms with Crippen molar-refractivity contribution in [3.8, 4) is 23.2 Å². The van der Waals surface area contributed by atoms with E-state index in [4.69, 9.17) is 32.5 Å². The average molecular weight is 646 g/mol. The quantitative estimate of drug-likeness (QED) is 0.273. The number of halogens is 2. The maximum absolute atomic E-state index is 10.2. The zero-order valence-electron chi connectivity index (χ0n) is 25.4. The van der Waals surface area contributed by atoms with Crippen LogP contribution < -0.4 is 0 Å². The summed E-state index contributed by atoms with van der Waals surface area (Å²) in [6, 6.07) is 12.3. The fourth-order valence-electron chi connectivity index (χ4n) is 7.82. The third-order valence-electron chi connectivity index (χ3n) is 10.8. The summed E-state index contributed by atoms with van der Waals surface area (Å²) in [5.41, 5.74) is 4.69. The van der Waals surface area contributed by atoms with Crippen molar-refractivity contribution in [1.29, 1.82) is 0 Å². The first-order chi connectivity index (χ1) is 21.9. The SMILES string of the molecule is OC1CCN(C2c3ccccc3C=CN2C#CC23CCC(OCc4c(-c5c(Cl)cncc5Cl)noc4C4CC4)(CC2)CC3)CC1. The number of benzene rings is 1. The molecule has 7 nitrogen and oxygen atoms in total. The van der Waals surface area contributed by atoms with Crippen LogP contribution >= 0.6 is 23.2 Å². The van der Waals surface area contributed by atoms with E-state index in [1.807, 2.05) is 0 Å². The number of piperidine rings is 1. The van der Waals surface area contributed by atoms with Crippen molar-refractivity contribution in [2.45, 2.75) is 94.6 Å². The van der Waals surface area contributed by atoms with Gasteiger partial charge in [-0.3, -0.25) is 14.8 Å². The molecule has 6 aliphatic rings. The zero-order chi connectivity index (χ0) is 30.6. The Kier molecular flexibility index (Phi) is 7.71. The molecular weight excluding hydrogens is 607 g/mol. The molecule has 45 heavy (non-hydrogen) atoms. The smallest absolute Gasteiger partial charge is 0.145 e. The lowest BCUT2D eigenvalue weighted by atomic mass is 9.59. The second-order valence-corrected chi connectivity index (χ2v) is 14.4. The van der Waals surface area contributed by atoms with E-state index in [9.17, 15) is 5.11 Å². The summed E-state index contributed by atoms with van der Waals surface area (Å²) in [5.74, 6) is 5.09. The van der Waals surface area contributed by atoms with Gasteiger partial charge in [0.2, 0.25) is 0 Å². The van der Waals surface area contributed by atoms with Gasteiger partial charge in [0.25, 0.3) is 0 Å². The Morgan fingerprint density at radius 3 is 2.40 bits per heavy atom. The minimum atomic E-state index is -0.205. The van der Waals surface area contributed by atoms with Crippen molar-refractivity contribution in [3.05, 3.63) is 75.4 Å². The van der Waals surface area contributed by atoms with Gasteiger partial charge in [-0.1, -0.05) is 58.5 Å². The molecule has 1 unspecified atom stereocenters. The lowest BCUT2D eigenvalue weighted by Crippen LogP contribution is -2.47. The first-order valence-electron chi connectivity index (χ1n) is 16.3. The predicted molar refractivity (Wildman–Crippen MR) is 174 cm³/mol. The van der Waals surface area contributed by atoms with Crippen LogP contribution in [0, 0.1) is 17.4 Å². The van der Waals surface area contributed by atoms with Gasteiger partial charge in [0.1, 0.15) is 17.6 Å². The Morgan fingerprint density at radius 1 is 0.978 bits per heavy atom. The number of hydrogen-bond donors (Lipinski definition) is 1. The first-order valence-corrected chi connectivity index (χ1v) is 17.1.